The minimum Gasteiger partial charge on any atom is -0.490 e. The number of aromatic nitrogens is 1. The van der Waals surface area contributed by atoms with Crippen LogP contribution in [0, 0.1) is 19.8 Å². The van der Waals surface area contributed by atoms with Gasteiger partial charge in [0.2, 0.25) is 0 Å². The Hall–Kier alpha value is -4.46. The largest absolute Gasteiger partial charge is 0.490 e. The van der Waals surface area contributed by atoms with Crippen molar-refractivity contribution in [3.63, 3.8) is 0 Å². The van der Waals surface area contributed by atoms with Gasteiger partial charge in [-0.05, 0) is 89.9 Å². The standard InChI is InChI=1S/C36H49N5O8/c1-22-18-41(23(2)21-42)34(43)30-17-29(37-36(46)38-33-25(4)39-49-26(33)5)14-15-31(30)48-24(3)9-7-8-16-47-32(22)20-40(6)19-27-10-12-28(13-11-27)35(44)45/h10-15,17,22-24,32,42H,7-9,16,18-21H2,1-6H3,(H,44,45)(H2,37,38,46)/t22-,23-,24+,32-/m1/s1. The molecule has 0 saturated carbocycles. The fourth-order valence-corrected chi connectivity index (χ4v) is 5.84. The number of amides is 3. The van der Waals surface area contributed by atoms with Crippen LogP contribution in [0.15, 0.2) is 47.0 Å². The van der Waals surface area contributed by atoms with Crippen LogP contribution < -0.4 is 15.4 Å². The Kier molecular flexibility index (Phi) is 13.2. The molecule has 2 aromatic carbocycles. The predicted octanol–water partition coefficient (Wildman–Crippen LogP) is 5.56. The number of carboxylic acid groups (broad SMARTS) is 1. The number of aryl methyl sites for hydroxylation is 2. The van der Waals surface area contributed by atoms with Crippen LogP contribution in [-0.2, 0) is 11.3 Å². The Balaban J connectivity index is 1.58. The summed E-state index contributed by atoms with van der Waals surface area (Å²) in [5, 5.41) is 28.9. The lowest BCUT2D eigenvalue weighted by Crippen LogP contribution is -2.47. The van der Waals surface area contributed by atoms with Crippen molar-refractivity contribution in [2.45, 2.75) is 78.7 Å². The van der Waals surface area contributed by atoms with Crippen molar-refractivity contribution >= 4 is 29.3 Å². The number of carbonyl (C=O) groups is 3. The predicted molar refractivity (Wildman–Crippen MR) is 185 cm³/mol. The highest BCUT2D eigenvalue weighted by Gasteiger charge is 2.30. The third kappa shape index (κ3) is 10.3. The van der Waals surface area contributed by atoms with E-state index in [0.717, 1.165) is 24.8 Å². The van der Waals surface area contributed by atoms with Gasteiger partial charge in [-0.2, -0.15) is 0 Å². The van der Waals surface area contributed by atoms with Gasteiger partial charge >= 0.3 is 12.0 Å². The Morgan fingerprint density at radius 3 is 2.49 bits per heavy atom. The second-order valence-corrected chi connectivity index (χ2v) is 13.0. The van der Waals surface area contributed by atoms with E-state index in [1.54, 1.807) is 56.0 Å². The highest BCUT2D eigenvalue weighted by atomic mass is 16.5. The summed E-state index contributed by atoms with van der Waals surface area (Å²) >= 11 is 0. The van der Waals surface area contributed by atoms with Crippen molar-refractivity contribution < 1.29 is 38.6 Å². The Morgan fingerprint density at radius 1 is 1.10 bits per heavy atom. The molecule has 266 valence electrons. The Labute approximate surface area is 287 Å². The molecule has 0 radical (unpaired) electrons. The second-order valence-electron chi connectivity index (χ2n) is 13.0. The lowest BCUT2D eigenvalue weighted by Gasteiger charge is -2.36. The molecule has 1 aliphatic rings. The first-order chi connectivity index (χ1) is 23.4. The van der Waals surface area contributed by atoms with E-state index in [0.29, 0.717) is 54.8 Å². The number of likely N-dealkylation sites (N-methyl/N-ethyl adjacent to an activating group) is 1. The molecule has 1 aliphatic heterocycles. The van der Waals surface area contributed by atoms with Gasteiger partial charge in [0, 0.05) is 37.8 Å². The summed E-state index contributed by atoms with van der Waals surface area (Å²) in [6, 6.07) is 10.8. The van der Waals surface area contributed by atoms with Crippen molar-refractivity contribution in [1.29, 1.82) is 0 Å². The number of carboxylic acids is 1. The van der Waals surface area contributed by atoms with E-state index in [1.165, 1.54) is 0 Å². The lowest BCUT2D eigenvalue weighted by molar-refractivity contribution is -0.0177. The van der Waals surface area contributed by atoms with Crippen molar-refractivity contribution in [1.82, 2.24) is 15.0 Å². The van der Waals surface area contributed by atoms with Crippen molar-refractivity contribution in [2.75, 3.05) is 44.0 Å². The van der Waals surface area contributed by atoms with E-state index >= 15 is 0 Å². The number of rotatable bonds is 9. The minimum atomic E-state index is -0.965. The zero-order chi connectivity index (χ0) is 35.7. The molecular formula is C36H49N5O8. The van der Waals surface area contributed by atoms with Crippen LogP contribution in [-0.4, -0.2) is 94.7 Å². The number of nitrogens with zero attached hydrogens (tertiary/aromatic N) is 3. The topological polar surface area (TPSA) is 167 Å². The van der Waals surface area contributed by atoms with Gasteiger partial charge in [0.25, 0.3) is 5.91 Å². The molecule has 0 saturated heterocycles. The summed E-state index contributed by atoms with van der Waals surface area (Å²) in [4.78, 5) is 42.3. The number of aromatic carboxylic acids is 1. The van der Waals surface area contributed by atoms with Crippen LogP contribution in [0.25, 0.3) is 0 Å². The van der Waals surface area contributed by atoms with Crippen LogP contribution in [0.4, 0.5) is 16.2 Å². The van der Waals surface area contributed by atoms with E-state index in [1.807, 2.05) is 33.0 Å². The summed E-state index contributed by atoms with van der Waals surface area (Å²) in [5.74, 6) is -0.556. The van der Waals surface area contributed by atoms with Crippen molar-refractivity contribution in [2.24, 2.45) is 5.92 Å². The summed E-state index contributed by atoms with van der Waals surface area (Å²) in [7, 11) is 1.98. The maximum Gasteiger partial charge on any atom is 0.335 e. The first kappa shape index (κ1) is 37.4. The summed E-state index contributed by atoms with van der Waals surface area (Å²) in [6.07, 6.45) is 2.03. The number of fused-ring (bicyclic) bond motifs is 1. The van der Waals surface area contributed by atoms with Crippen LogP contribution >= 0.6 is 0 Å². The van der Waals surface area contributed by atoms with Crippen LogP contribution in [0.2, 0.25) is 0 Å². The van der Waals surface area contributed by atoms with Crippen molar-refractivity contribution in [3.05, 3.63) is 70.6 Å². The average molecular weight is 680 g/mol. The summed E-state index contributed by atoms with van der Waals surface area (Å²) < 4.78 is 17.9. The van der Waals surface area contributed by atoms with E-state index in [4.69, 9.17) is 14.0 Å². The fourth-order valence-electron chi connectivity index (χ4n) is 5.84. The number of hydrogen-bond donors (Lipinski definition) is 4. The number of ether oxygens (including phenoxy) is 2. The van der Waals surface area contributed by atoms with Crippen molar-refractivity contribution in [3.8, 4) is 5.75 Å². The SMILES string of the molecule is Cc1noc(C)c1NC(=O)Nc1ccc2c(c1)C(=O)N([C@H](C)CO)C[C@@H](C)[C@@H](CN(C)Cc1ccc(C(=O)O)cc1)OCCCC[C@H](C)O2. The number of nitrogens with one attached hydrogen (secondary N) is 2. The number of carbonyl (C=O) groups excluding carboxylic acids is 2. The maximum atomic E-state index is 14.4. The normalized spacial score (nSPS) is 19.8. The highest BCUT2D eigenvalue weighted by Crippen LogP contribution is 2.29. The molecular weight excluding hydrogens is 630 g/mol. The zero-order valence-electron chi connectivity index (χ0n) is 29.2. The number of urea groups is 1. The Morgan fingerprint density at radius 2 is 1.84 bits per heavy atom. The van der Waals surface area contributed by atoms with Gasteiger partial charge in [0.15, 0.2) is 5.76 Å². The molecule has 1 aromatic heterocycles. The number of anilines is 2. The second kappa shape index (κ2) is 17.3. The van der Waals surface area contributed by atoms with E-state index in [2.05, 4.69) is 20.7 Å². The average Bonchev–Trinajstić information content (AvgIpc) is 3.38. The molecule has 3 amide bonds. The molecule has 4 atom stereocenters. The lowest BCUT2D eigenvalue weighted by atomic mass is 10.0. The molecule has 49 heavy (non-hydrogen) atoms. The van der Waals surface area contributed by atoms with Crippen LogP contribution in [0.3, 0.4) is 0 Å². The van der Waals surface area contributed by atoms with Gasteiger partial charge in [-0.3, -0.25) is 9.69 Å². The van der Waals surface area contributed by atoms with Gasteiger partial charge in [0.1, 0.15) is 17.1 Å². The molecule has 0 unspecified atom stereocenters. The van der Waals surface area contributed by atoms with Gasteiger partial charge < -0.3 is 39.7 Å². The number of benzene rings is 2. The third-order valence-corrected chi connectivity index (χ3v) is 8.73. The minimum absolute atomic E-state index is 0.122. The molecule has 0 fully saturated rings. The maximum absolute atomic E-state index is 14.4. The number of aliphatic hydroxyl groups excluding tert-OH is 1. The van der Waals surface area contributed by atoms with E-state index in [9.17, 15) is 24.6 Å². The third-order valence-electron chi connectivity index (χ3n) is 8.73. The van der Waals surface area contributed by atoms with Crippen LogP contribution in [0.1, 0.15) is 77.8 Å². The molecule has 4 N–H and O–H groups in total. The summed E-state index contributed by atoms with van der Waals surface area (Å²) in [6.45, 7) is 11.0. The molecule has 0 spiro atoms. The van der Waals surface area contributed by atoms with Gasteiger partial charge in [-0.15, -0.1) is 0 Å². The molecule has 13 heteroatoms. The fraction of sp³-hybridized carbons (Fsp3) is 0.500. The number of aliphatic hydroxyl groups is 1. The van der Waals surface area contributed by atoms with Crippen LogP contribution in [0.5, 0.6) is 5.75 Å². The monoisotopic (exact) mass is 679 g/mol. The van der Waals surface area contributed by atoms with Gasteiger partial charge in [-0.1, -0.05) is 24.2 Å². The number of hydrogen-bond acceptors (Lipinski definition) is 9. The van der Waals surface area contributed by atoms with E-state index < -0.39 is 18.0 Å². The molecule has 13 nitrogen and oxygen atoms in total. The first-order valence-corrected chi connectivity index (χ1v) is 16.7. The smallest absolute Gasteiger partial charge is 0.335 e. The van der Waals surface area contributed by atoms with Gasteiger partial charge in [-0.25, -0.2) is 9.59 Å². The quantitative estimate of drug-likeness (QED) is 0.225. The molecule has 2 heterocycles. The zero-order valence-corrected chi connectivity index (χ0v) is 29.2. The first-order valence-electron chi connectivity index (χ1n) is 16.7. The molecule has 0 bridgehead atoms. The molecule has 0 aliphatic carbocycles. The van der Waals surface area contributed by atoms with E-state index in [-0.39, 0.29) is 41.8 Å². The van der Waals surface area contributed by atoms with Gasteiger partial charge in [0.05, 0.1) is 36.0 Å². The summed E-state index contributed by atoms with van der Waals surface area (Å²) in [5.41, 5.74) is 2.88. The Bertz CT molecular complexity index is 1560. The molecule has 4 rings (SSSR count). The highest BCUT2D eigenvalue weighted by molar-refractivity contribution is 6.03. The molecule has 3 aromatic rings.